The molecule has 5 atom stereocenters. The van der Waals surface area contributed by atoms with E-state index >= 15 is 0 Å². The standard InChI is InChI=1S/C27H35NO2/c1-27-16-15-21-20-12-10-19(29-3)17-18(20)9-11-22(21)23(27)13-14-26(27)28(2)24-7-5-6-8-25(24)30-4/h5-8,10,12,17,21-23,26H,9,11,13-16H2,1-4H3/t21-,22-,23+,26-,27+/m1/s1. The number of benzene rings is 2. The van der Waals surface area contributed by atoms with E-state index in [0.717, 1.165) is 29.3 Å². The van der Waals surface area contributed by atoms with Crippen LogP contribution in [0.3, 0.4) is 0 Å². The van der Waals surface area contributed by atoms with Crippen LogP contribution in [0.2, 0.25) is 0 Å². The van der Waals surface area contributed by atoms with Gasteiger partial charge < -0.3 is 14.4 Å². The molecule has 3 nitrogen and oxygen atoms in total. The number of aryl methyl sites for hydroxylation is 1. The fraction of sp³-hybridized carbons (Fsp3) is 0.556. The highest BCUT2D eigenvalue weighted by molar-refractivity contribution is 5.59. The maximum Gasteiger partial charge on any atom is 0.142 e. The number of ether oxygens (including phenoxy) is 2. The third-order valence-corrected chi connectivity index (χ3v) is 8.82. The Morgan fingerprint density at radius 1 is 0.967 bits per heavy atom. The zero-order valence-electron chi connectivity index (χ0n) is 18.9. The number of rotatable bonds is 4. The maximum absolute atomic E-state index is 5.69. The first-order chi connectivity index (χ1) is 14.6. The Labute approximate surface area is 181 Å². The van der Waals surface area contributed by atoms with E-state index < -0.39 is 0 Å². The Balaban J connectivity index is 1.43. The van der Waals surface area contributed by atoms with Crippen LogP contribution in [0.4, 0.5) is 5.69 Å². The molecule has 0 N–H and O–H groups in total. The lowest BCUT2D eigenvalue weighted by Crippen LogP contribution is -2.49. The Bertz CT molecular complexity index is 925. The molecule has 0 aliphatic heterocycles. The number of fused-ring (bicyclic) bond motifs is 5. The van der Waals surface area contributed by atoms with Gasteiger partial charge in [-0.05, 0) is 97.1 Å². The van der Waals surface area contributed by atoms with Crippen LogP contribution in [0.1, 0.15) is 56.1 Å². The van der Waals surface area contributed by atoms with E-state index in [-0.39, 0.29) is 0 Å². The highest BCUT2D eigenvalue weighted by atomic mass is 16.5. The molecule has 3 aliphatic rings. The Morgan fingerprint density at radius 3 is 2.60 bits per heavy atom. The van der Waals surface area contributed by atoms with Gasteiger partial charge >= 0.3 is 0 Å². The fourth-order valence-electron chi connectivity index (χ4n) is 7.38. The summed E-state index contributed by atoms with van der Waals surface area (Å²) in [6, 6.07) is 15.9. The summed E-state index contributed by atoms with van der Waals surface area (Å²) < 4.78 is 11.2. The summed E-state index contributed by atoms with van der Waals surface area (Å²) in [7, 11) is 5.84. The molecule has 0 unspecified atom stereocenters. The van der Waals surface area contributed by atoms with Gasteiger partial charge in [0.15, 0.2) is 0 Å². The third kappa shape index (κ3) is 2.92. The van der Waals surface area contributed by atoms with E-state index in [1.54, 1.807) is 19.8 Å². The van der Waals surface area contributed by atoms with E-state index in [1.807, 2.05) is 0 Å². The molecule has 0 aromatic heterocycles. The zero-order valence-corrected chi connectivity index (χ0v) is 18.9. The van der Waals surface area contributed by atoms with Gasteiger partial charge in [0.1, 0.15) is 11.5 Å². The highest BCUT2D eigenvalue weighted by Crippen LogP contribution is 2.62. The van der Waals surface area contributed by atoms with Crippen molar-refractivity contribution in [1.82, 2.24) is 0 Å². The van der Waals surface area contributed by atoms with Gasteiger partial charge in [0.2, 0.25) is 0 Å². The van der Waals surface area contributed by atoms with Crippen molar-refractivity contribution in [2.75, 3.05) is 26.2 Å². The van der Waals surface area contributed by atoms with Crippen molar-refractivity contribution in [2.45, 2.75) is 57.4 Å². The first-order valence-electron chi connectivity index (χ1n) is 11.6. The molecule has 3 heteroatoms. The van der Waals surface area contributed by atoms with E-state index in [9.17, 15) is 0 Å². The van der Waals surface area contributed by atoms with E-state index in [1.165, 1.54) is 49.8 Å². The summed E-state index contributed by atoms with van der Waals surface area (Å²) in [5.74, 6) is 4.36. The van der Waals surface area contributed by atoms with Crippen LogP contribution in [-0.4, -0.2) is 27.3 Å². The summed E-state index contributed by atoms with van der Waals surface area (Å²) in [5.41, 5.74) is 4.74. The number of anilines is 1. The van der Waals surface area contributed by atoms with Gasteiger partial charge in [0, 0.05) is 13.1 Å². The molecule has 2 aromatic rings. The van der Waals surface area contributed by atoms with Crippen molar-refractivity contribution in [3.05, 3.63) is 53.6 Å². The number of hydrogen-bond donors (Lipinski definition) is 0. The Kier molecular flexibility index (Phi) is 4.95. The zero-order chi connectivity index (χ0) is 20.9. The molecule has 2 saturated carbocycles. The molecule has 0 bridgehead atoms. The van der Waals surface area contributed by atoms with Crippen LogP contribution < -0.4 is 14.4 Å². The predicted octanol–water partition coefficient (Wildman–Crippen LogP) is 6.06. The van der Waals surface area contributed by atoms with Crippen molar-refractivity contribution < 1.29 is 9.47 Å². The fourth-order valence-corrected chi connectivity index (χ4v) is 7.38. The first kappa shape index (κ1) is 19.8. The second kappa shape index (κ2) is 7.51. The van der Waals surface area contributed by atoms with Crippen molar-refractivity contribution in [3.8, 4) is 11.5 Å². The summed E-state index contributed by atoms with van der Waals surface area (Å²) in [4.78, 5) is 2.53. The quantitative estimate of drug-likeness (QED) is 0.617. The van der Waals surface area contributed by atoms with Gasteiger partial charge in [-0.1, -0.05) is 25.1 Å². The number of methoxy groups -OCH3 is 2. The summed E-state index contributed by atoms with van der Waals surface area (Å²) in [6.45, 7) is 2.58. The molecule has 0 spiro atoms. The Hall–Kier alpha value is -2.16. The Morgan fingerprint density at radius 2 is 1.80 bits per heavy atom. The highest BCUT2D eigenvalue weighted by Gasteiger charge is 2.55. The van der Waals surface area contributed by atoms with Gasteiger partial charge in [-0.3, -0.25) is 0 Å². The average molecular weight is 406 g/mol. The summed E-state index contributed by atoms with van der Waals surface area (Å²) in [5, 5.41) is 0. The monoisotopic (exact) mass is 405 g/mol. The normalized spacial score (nSPS) is 32.0. The van der Waals surface area contributed by atoms with Crippen LogP contribution in [0.5, 0.6) is 11.5 Å². The molecule has 2 aromatic carbocycles. The van der Waals surface area contributed by atoms with Crippen LogP contribution in [-0.2, 0) is 6.42 Å². The van der Waals surface area contributed by atoms with E-state index in [4.69, 9.17) is 9.47 Å². The van der Waals surface area contributed by atoms with Crippen LogP contribution in [0, 0.1) is 17.3 Å². The van der Waals surface area contributed by atoms with Gasteiger partial charge in [-0.25, -0.2) is 0 Å². The SMILES string of the molecule is COc1ccc2c(c1)CC[C@@H]1[C@@H]2CC[C@@]2(C)[C@H]1CC[C@H]2N(C)c1ccccc1OC. The van der Waals surface area contributed by atoms with Crippen LogP contribution in [0.25, 0.3) is 0 Å². The number of nitrogens with zero attached hydrogens (tertiary/aromatic N) is 1. The predicted molar refractivity (Wildman–Crippen MR) is 123 cm³/mol. The van der Waals surface area contributed by atoms with Gasteiger partial charge in [-0.15, -0.1) is 0 Å². The van der Waals surface area contributed by atoms with Crippen molar-refractivity contribution >= 4 is 5.69 Å². The van der Waals surface area contributed by atoms with E-state index in [0.29, 0.717) is 11.5 Å². The summed E-state index contributed by atoms with van der Waals surface area (Å²) in [6.07, 6.45) is 7.80. The van der Waals surface area contributed by atoms with Gasteiger partial charge in [-0.2, -0.15) is 0 Å². The minimum atomic E-state index is 0.376. The molecule has 5 rings (SSSR count). The summed E-state index contributed by atoms with van der Waals surface area (Å²) >= 11 is 0. The number of hydrogen-bond acceptors (Lipinski definition) is 3. The van der Waals surface area contributed by atoms with Crippen molar-refractivity contribution in [1.29, 1.82) is 0 Å². The van der Waals surface area contributed by atoms with Crippen molar-refractivity contribution in [3.63, 3.8) is 0 Å². The minimum Gasteiger partial charge on any atom is -0.497 e. The molecule has 0 saturated heterocycles. The first-order valence-corrected chi connectivity index (χ1v) is 11.6. The molecule has 0 radical (unpaired) electrons. The largest absolute Gasteiger partial charge is 0.497 e. The van der Waals surface area contributed by atoms with Crippen LogP contribution in [0.15, 0.2) is 42.5 Å². The lowest BCUT2D eigenvalue weighted by Gasteiger charge is -2.52. The van der Waals surface area contributed by atoms with E-state index in [2.05, 4.69) is 61.3 Å². The molecule has 2 fully saturated rings. The molecular formula is C27H35NO2. The number of para-hydroxylation sites is 2. The van der Waals surface area contributed by atoms with Gasteiger partial charge in [0.05, 0.1) is 19.9 Å². The topological polar surface area (TPSA) is 21.7 Å². The van der Waals surface area contributed by atoms with Gasteiger partial charge in [0.25, 0.3) is 0 Å². The molecule has 3 aliphatic carbocycles. The molecule has 0 amide bonds. The average Bonchev–Trinajstić information content (AvgIpc) is 3.15. The second-order valence-electron chi connectivity index (χ2n) is 9.90. The molecule has 160 valence electrons. The van der Waals surface area contributed by atoms with Crippen molar-refractivity contribution in [2.24, 2.45) is 17.3 Å². The maximum atomic E-state index is 5.69. The molecule has 30 heavy (non-hydrogen) atoms. The molecular weight excluding hydrogens is 370 g/mol. The lowest BCUT2D eigenvalue weighted by molar-refractivity contribution is 0.0485. The second-order valence-corrected chi connectivity index (χ2v) is 9.90. The lowest BCUT2D eigenvalue weighted by atomic mass is 9.55. The third-order valence-electron chi connectivity index (χ3n) is 8.82. The van der Waals surface area contributed by atoms with Crippen LogP contribution >= 0.6 is 0 Å². The minimum absolute atomic E-state index is 0.376. The smallest absolute Gasteiger partial charge is 0.142 e. The molecule has 0 heterocycles.